The first-order chi connectivity index (χ1) is 9.97. The fraction of sp³-hybridized carbons (Fsp3) is 0.625. The number of hydrogen-bond donors (Lipinski definition) is 1. The van der Waals surface area contributed by atoms with Crippen molar-refractivity contribution in [3.63, 3.8) is 0 Å². The van der Waals surface area contributed by atoms with E-state index in [0.29, 0.717) is 12.6 Å². The zero-order chi connectivity index (χ0) is 15.8. The van der Waals surface area contributed by atoms with Crippen LogP contribution in [0, 0.1) is 0 Å². The molecule has 0 aromatic heterocycles. The van der Waals surface area contributed by atoms with Crippen molar-refractivity contribution in [2.75, 3.05) is 20.8 Å². The fourth-order valence-electron chi connectivity index (χ4n) is 1.86. The van der Waals surface area contributed by atoms with Gasteiger partial charge in [-0.1, -0.05) is 13.8 Å². The van der Waals surface area contributed by atoms with Gasteiger partial charge in [-0.3, -0.25) is 0 Å². The average Bonchev–Trinajstić information content (AvgIpc) is 2.45. The van der Waals surface area contributed by atoms with E-state index in [1.54, 1.807) is 14.2 Å². The van der Waals surface area contributed by atoms with Gasteiger partial charge >= 0.3 is 0 Å². The molecule has 1 rings (SSSR count). The lowest BCUT2D eigenvalue weighted by Crippen LogP contribution is -2.22. The maximum absolute atomic E-state index is 5.98. The molecule has 1 aromatic carbocycles. The first-order valence-corrected chi connectivity index (χ1v) is 8.02. The van der Waals surface area contributed by atoms with E-state index in [-0.39, 0.29) is 6.10 Å². The number of rotatable bonds is 9. The first kappa shape index (κ1) is 18.3. The summed E-state index contributed by atoms with van der Waals surface area (Å²) < 4.78 is 17.4. The molecule has 0 aliphatic carbocycles. The van der Waals surface area contributed by atoms with Gasteiger partial charge in [-0.15, -0.1) is 0 Å². The minimum Gasteiger partial charge on any atom is -0.493 e. The highest BCUT2D eigenvalue weighted by molar-refractivity contribution is 9.10. The molecule has 0 saturated heterocycles. The third kappa shape index (κ3) is 6.24. The van der Waals surface area contributed by atoms with E-state index < -0.39 is 0 Å². The molecular weight excluding hydrogens is 334 g/mol. The zero-order valence-electron chi connectivity index (χ0n) is 13.5. The normalized spacial score (nSPS) is 12.5. The van der Waals surface area contributed by atoms with Crippen LogP contribution in [-0.2, 0) is 11.3 Å². The second kappa shape index (κ2) is 9.28. The number of nitrogens with one attached hydrogen (secondary N) is 1. The van der Waals surface area contributed by atoms with Crippen molar-refractivity contribution in [1.82, 2.24) is 5.32 Å². The van der Waals surface area contributed by atoms with Crippen molar-refractivity contribution in [2.45, 2.75) is 45.9 Å². The maximum atomic E-state index is 5.98. The lowest BCUT2D eigenvalue weighted by Gasteiger charge is -2.19. The molecule has 0 aliphatic rings. The van der Waals surface area contributed by atoms with Crippen LogP contribution < -0.4 is 14.8 Å². The number of ether oxygens (including phenoxy) is 3. The highest BCUT2D eigenvalue weighted by Gasteiger charge is 2.15. The molecule has 5 heteroatoms. The number of hydrogen-bond acceptors (Lipinski definition) is 4. The van der Waals surface area contributed by atoms with Gasteiger partial charge in [-0.2, -0.15) is 0 Å². The van der Waals surface area contributed by atoms with Crippen LogP contribution in [0.25, 0.3) is 0 Å². The first-order valence-electron chi connectivity index (χ1n) is 7.23. The number of methoxy groups -OCH3 is 2. The monoisotopic (exact) mass is 359 g/mol. The molecule has 1 aromatic rings. The predicted octanol–water partition coefficient (Wildman–Crippen LogP) is 3.76. The van der Waals surface area contributed by atoms with Crippen LogP contribution in [-0.4, -0.2) is 33.0 Å². The summed E-state index contributed by atoms with van der Waals surface area (Å²) in [6.07, 6.45) is 0.901. The summed E-state index contributed by atoms with van der Waals surface area (Å²) in [7, 11) is 3.36. The van der Waals surface area contributed by atoms with Gasteiger partial charge in [0.25, 0.3) is 0 Å². The number of benzene rings is 1. The Balaban J connectivity index is 2.84. The summed E-state index contributed by atoms with van der Waals surface area (Å²) in [5.74, 6) is 1.49. The smallest absolute Gasteiger partial charge is 0.175 e. The topological polar surface area (TPSA) is 39.7 Å². The third-order valence-electron chi connectivity index (χ3n) is 3.05. The molecule has 0 aliphatic heterocycles. The molecule has 21 heavy (non-hydrogen) atoms. The van der Waals surface area contributed by atoms with Gasteiger partial charge in [0.05, 0.1) is 17.7 Å². The molecule has 0 bridgehead atoms. The van der Waals surface area contributed by atoms with Crippen molar-refractivity contribution in [1.29, 1.82) is 0 Å². The van der Waals surface area contributed by atoms with Crippen molar-refractivity contribution >= 4 is 15.9 Å². The van der Waals surface area contributed by atoms with E-state index in [4.69, 9.17) is 14.2 Å². The fourth-order valence-corrected chi connectivity index (χ4v) is 2.44. The molecule has 1 atom stereocenters. The molecule has 0 spiro atoms. The van der Waals surface area contributed by atoms with E-state index in [1.165, 1.54) is 0 Å². The number of halogens is 1. The lowest BCUT2D eigenvalue weighted by molar-refractivity contribution is 0.132. The van der Waals surface area contributed by atoms with E-state index >= 15 is 0 Å². The maximum Gasteiger partial charge on any atom is 0.175 e. The minimum atomic E-state index is 0.0646. The van der Waals surface area contributed by atoms with Crippen molar-refractivity contribution in [3.05, 3.63) is 22.2 Å². The van der Waals surface area contributed by atoms with Crippen LogP contribution in [0.5, 0.6) is 11.5 Å². The molecule has 1 unspecified atom stereocenters. The summed E-state index contributed by atoms with van der Waals surface area (Å²) in [6, 6.07) is 4.52. The molecule has 0 radical (unpaired) electrons. The van der Waals surface area contributed by atoms with E-state index in [2.05, 4.69) is 41.2 Å². The molecule has 4 nitrogen and oxygen atoms in total. The van der Waals surface area contributed by atoms with Gasteiger partial charge in [0.15, 0.2) is 11.5 Å². The zero-order valence-corrected chi connectivity index (χ0v) is 15.1. The van der Waals surface area contributed by atoms with Crippen molar-refractivity contribution in [3.8, 4) is 11.5 Å². The summed E-state index contributed by atoms with van der Waals surface area (Å²) in [4.78, 5) is 0. The Bertz CT molecular complexity index is 438. The Morgan fingerprint density at radius 2 is 1.90 bits per heavy atom. The minimum absolute atomic E-state index is 0.0646. The summed E-state index contributed by atoms with van der Waals surface area (Å²) in [5, 5.41) is 3.39. The third-order valence-corrected chi connectivity index (χ3v) is 3.64. The summed E-state index contributed by atoms with van der Waals surface area (Å²) in [6.45, 7) is 7.76. The van der Waals surface area contributed by atoms with E-state index in [1.807, 2.05) is 13.0 Å². The molecule has 0 saturated carbocycles. The SMILES string of the molecule is COCCC(C)Oc1c(Br)cc(CNC(C)C)cc1OC. The highest BCUT2D eigenvalue weighted by Crippen LogP contribution is 2.37. The average molecular weight is 360 g/mol. The Hall–Kier alpha value is -0.780. The molecule has 120 valence electrons. The standard InChI is InChI=1S/C16H26BrNO3/c1-11(2)18-10-13-8-14(17)16(15(9-13)20-5)21-12(3)6-7-19-4/h8-9,11-12,18H,6-7,10H2,1-5H3. The Morgan fingerprint density at radius 1 is 1.19 bits per heavy atom. The van der Waals surface area contributed by atoms with Crippen LogP contribution in [0.15, 0.2) is 16.6 Å². The lowest BCUT2D eigenvalue weighted by atomic mass is 10.2. The van der Waals surface area contributed by atoms with Gasteiger partial charge in [-0.25, -0.2) is 0 Å². The van der Waals surface area contributed by atoms with Crippen LogP contribution >= 0.6 is 15.9 Å². The molecule has 0 amide bonds. The van der Waals surface area contributed by atoms with Crippen LogP contribution in [0.2, 0.25) is 0 Å². The Labute approximate surface area is 136 Å². The quantitative estimate of drug-likeness (QED) is 0.728. The van der Waals surface area contributed by atoms with E-state index in [0.717, 1.165) is 34.5 Å². The van der Waals surface area contributed by atoms with Gasteiger partial charge < -0.3 is 19.5 Å². The largest absolute Gasteiger partial charge is 0.493 e. The van der Waals surface area contributed by atoms with Crippen LogP contribution in [0.3, 0.4) is 0 Å². The summed E-state index contributed by atoms with van der Waals surface area (Å²) in [5.41, 5.74) is 1.16. The van der Waals surface area contributed by atoms with Gasteiger partial charge in [-0.05, 0) is 40.5 Å². The van der Waals surface area contributed by atoms with E-state index in [9.17, 15) is 0 Å². The van der Waals surface area contributed by atoms with Crippen LogP contribution in [0.1, 0.15) is 32.8 Å². The molecule has 0 heterocycles. The molecule has 1 N–H and O–H groups in total. The van der Waals surface area contributed by atoms with Gasteiger partial charge in [0.2, 0.25) is 0 Å². The van der Waals surface area contributed by atoms with Crippen molar-refractivity contribution < 1.29 is 14.2 Å². The molecular formula is C16H26BrNO3. The predicted molar refractivity (Wildman–Crippen MR) is 89.3 cm³/mol. The summed E-state index contributed by atoms with van der Waals surface area (Å²) >= 11 is 3.58. The Kier molecular flexibility index (Phi) is 8.07. The second-order valence-corrected chi connectivity index (χ2v) is 6.21. The molecule has 0 fully saturated rings. The van der Waals surface area contributed by atoms with Crippen molar-refractivity contribution in [2.24, 2.45) is 0 Å². The second-order valence-electron chi connectivity index (χ2n) is 5.35. The highest BCUT2D eigenvalue weighted by atomic mass is 79.9. The van der Waals surface area contributed by atoms with Crippen LogP contribution in [0.4, 0.5) is 0 Å². The Morgan fingerprint density at radius 3 is 2.48 bits per heavy atom. The van der Waals surface area contributed by atoms with Gasteiger partial charge in [0.1, 0.15) is 0 Å². The van der Waals surface area contributed by atoms with Gasteiger partial charge in [0, 0.05) is 32.7 Å².